The van der Waals surface area contributed by atoms with E-state index in [2.05, 4.69) is 15.9 Å². The number of nitrogens with zero attached hydrogens (tertiary/aromatic N) is 2. The predicted molar refractivity (Wildman–Crippen MR) is 126 cm³/mol. The Hall–Kier alpha value is -3.46. The Morgan fingerprint density at radius 1 is 0.939 bits per heavy atom. The van der Waals surface area contributed by atoms with Crippen molar-refractivity contribution in [1.82, 2.24) is 5.01 Å². The molecule has 1 atom stereocenters. The normalized spacial score (nSPS) is 15.2. The molecule has 1 aliphatic rings. The molecule has 0 fully saturated rings. The zero-order valence-corrected chi connectivity index (χ0v) is 20.2. The van der Waals surface area contributed by atoms with E-state index in [9.17, 15) is 4.79 Å². The second-order valence-electron chi connectivity index (χ2n) is 7.23. The molecule has 0 radical (unpaired) electrons. The first-order valence-electron chi connectivity index (χ1n) is 10.1. The molecule has 9 heteroatoms. The van der Waals surface area contributed by atoms with Crippen molar-refractivity contribution in [2.24, 2.45) is 5.10 Å². The van der Waals surface area contributed by atoms with E-state index in [0.717, 1.165) is 11.1 Å². The smallest absolute Gasteiger partial charge is 0.310 e. The predicted octanol–water partition coefficient (Wildman–Crippen LogP) is 5.07. The van der Waals surface area contributed by atoms with E-state index in [0.29, 0.717) is 39.8 Å². The number of halogens is 1. The lowest BCUT2D eigenvalue weighted by Crippen LogP contribution is -2.27. The third kappa shape index (κ3) is 4.54. The maximum absolute atomic E-state index is 13.4. The van der Waals surface area contributed by atoms with Gasteiger partial charge in [0.2, 0.25) is 0 Å². The van der Waals surface area contributed by atoms with Crippen LogP contribution in [0.3, 0.4) is 0 Å². The highest BCUT2D eigenvalue weighted by Gasteiger charge is 2.37. The Morgan fingerprint density at radius 3 is 2.21 bits per heavy atom. The van der Waals surface area contributed by atoms with Gasteiger partial charge in [-0.25, -0.2) is 5.01 Å². The van der Waals surface area contributed by atoms with Crippen molar-refractivity contribution in [1.29, 1.82) is 0 Å². The summed E-state index contributed by atoms with van der Waals surface area (Å²) in [5.41, 5.74) is 2.25. The quantitative estimate of drug-likeness (QED) is 0.437. The van der Waals surface area contributed by atoms with Gasteiger partial charge in [-0.15, -0.1) is 0 Å². The van der Waals surface area contributed by atoms with Crippen molar-refractivity contribution in [3.63, 3.8) is 0 Å². The largest absolute Gasteiger partial charge is 0.497 e. The maximum Gasteiger partial charge on any atom is 0.310 e. The Balaban J connectivity index is 1.81. The molecular weight excluding hydrogens is 492 g/mol. The molecule has 33 heavy (non-hydrogen) atoms. The highest BCUT2D eigenvalue weighted by Crippen LogP contribution is 2.41. The van der Waals surface area contributed by atoms with Crippen LogP contribution in [0.1, 0.15) is 34.1 Å². The molecule has 2 heterocycles. The van der Waals surface area contributed by atoms with E-state index in [1.165, 1.54) is 5.01 Å². The van der Waals surface area contributed by atoms with Crippen LogP contribution in [0.15, 0.2) is 62.7 Å². The molecule has 0 bridgehead atoms. The van der Waals surface area contributed by atoms with Crippen LogP contribution in [0.4, 0.5) is 0 Å². The summed E-state index contributed by atoms with van der Waals surface area (Å²) < 4.78 is 27.8. The average molecular weight is 515 g/mol. The Labute approximate surface area is 199 Å². The van der Waals surface area contributed by atoms with Gasteiger partial charge in [0.05, 0.1) is 40.2 Å². The number of hydrogen-bond acceptors (Lipinski definition) is 7. The van der Waals surface area contributed by atoms with Gasteiger partial charge >= 0.3 is 5.91 Å². The van der Waals surface area contributed by atoms with Crippen molar-refractivity contribution in [3.05, 3.63) is 70.1 Å². The van der Waals surface area contributed by atoms with Crippen LogP contribution in [-0.2, 0) is 0 Å². The molecule has 1 aliphatic heterocycles. The molecule has 4 rings (SSSR count). The molecule has 0 saturated carbocycles. The first-order valence-corrected chi connectivity index (χ1v) is 10.9. The summed E-state index contributed by atoms with van der Waals surface area (Å²) in [6, 6.07) is 13.8. The molecule has 1 amide bonds. The minimum Gasteiger partial charge on any atom is -0.497 e. The number of methoxy groups -OCH3 is 4. The van der Waals surface area contributed by atoms with Gasteiger partial charge in [0.25, 0.3) is 0 Å². The fourth-order valence-corrected chi connectivity index (χ4v) is 4.04. The molecular formula is C24H23BrN2O6. The minimum atomic E-state index is -0.446. The molecule has 0 aliphatic carbocycles. The fraction of sp³-hybridized carbons (Fsp3) is 0.250. The van der Waals surface area contributed by atoms with Crippen LogP contribution >= 0.6 is 15.9 Å². The molecule has 0 saturated heterocycles. The lowest BCUT2D eigenvalue weighted by Gasteiger charge is -2.23. The number of carbonyl (C=O) groups is 1. The summed E-state index contributed by atoms with van der Waals surface area (Å²) in [5, 5.41) is 6.12. The summed E-state index contributed by atoms with van der Waals surface area (Å²) >= 11 is 3.25. The number of benzene rings is 2. The summed E-state index contributed by atoms with van der Waals surface area (Å²) in [6.45, 7) is 0. The highest BCUT2D eigenvalue weighted by atomic mass is 79.9. The number of rotatable bonds is 7. The third-order valence-corrected chi connectivity index (χ3v) is 5.81. The van der Waals surface area contributed by atoms with Crippen LogP contribution < -0.4 is 18.9 Å². The van der Waals surface area contributed by atoms with Crippen molar-refractivity contribution < 1.29 is 28.2 Å². The molecule has 0 N–H and O–H groups in total. The van der Waals surface area contributed by atoms with E-state index in [-0.39, 0.29) is 11.7 Å². The van der Waals surface area contributed by atoms with E-state index >= 15 is 0 Å². The summed E-state index contributed by atoms with van der Waals surface area (Å²) in [5.74, 6) is 2.32. The number of furan rings is 1. The average Bonchev–Trinajstić information content (AvgIpc) is 3.49. The fourth-order valence-electron chi connectivity index (χ4n) is 3.73. The maximum atomic E-state index is 13.4. The van der Waals surface area contributed by atoms with Crippen molar-refractivity contribution in [2.45, 2.75) is 12.5 Å². The van der Waals surface area contributed by atoms with Gasteiger partial charge in [-0.1, -0.05) is 0 Å². The molecule has 8 nitrogen and oxygen atoms in total. The minimum absolute atomic E-state index is 0.168. The third-order valence-electron chi connectivity index (χ3n) is 5.38. The van der Waals surface area contributed by atoms with Crippen LogP contribution in [0.2, 0.25) is 0 Å². The van der Waals surface area contributed by atoms with Crippen molar-refractivity contribution >= 4 is 27.5 Å². The summed E-state index contributed by atoms with van der Waals surface area (Å²) in [7, 11) is 6.35. The molecule has 0 spiro atoms. The zero-order valence-electron chi connectivity index (χ0n) is 18.6. The lowest BCUT2D eigenvalue weighted by atomic mass is 9.97. The highest BCUT2D eigenvalue weighted by molar-refractivity contribution is 9.10. The molecule has 3 aromatic rings. The van der Waals surface area contributed by atoms with Gasteiger partial charge in [-0.2, -0.15) is 5.10 Å². The molecule has 1 aromatic heterocycles. The van der Waals surface area contributed by atoms with Crippen LogP contribution in [0, 0.1) is 0 Å². The van der Waals surface area contributed by atoms with Gasteiger partial charge in [0.1, 0.15) is 23.0 Å². The second kappa shape index (κ2) is 9.58. The SMILES string of the molecule is COc1cc(OC)cc(C2=NN(C(=O)c3ccc(Br)o3)[C@H](c3cc(OC)ccc3OC)C2)c1. The molecule has 172 valence electrons. The Kier molecular flexibility index (Phi) is 6.60. The van der Waals surface area contributed by atoms with E-state index in [4.69, 9.17) is 28.5 Å². The van der Waals surface area contributed by atoms with E-state index < -0.39 is 6.04 Å². The topological polar surface area (TPSA) is 82.7 Å². The number of hydrogen-bond donors (Lipinski definition) is 0. The number of amides is 1. The number of hydrazone groups is 1. The van der Waals surface area contributed by atoms with E-state index in [1.807, 2.05) is 30.3 Å². The van der Waals surface area contributed by atoms with Crippen LogP contribution in [0.25, 0.3) is 0 Å². The first kappa shape index (κ1) is 22.7. The Morgan fingerprint density at radius 2 is 1.64 bits per heavy atom. The van der Waals surface area contributed by atoms with Crippen molar-refractivity contribution in [2.75, 3.05) is 28.4 Å². The van der Waals surface area contributed by atoms with Gasteiger partial charge < -0.3 is 23.4 Å². The number of ether oxygens (including phenoxy) is 4. The second-order valence-corrected chi connectivity index (χ2v) is 8.01. The standard InChI is InChI=1S/C24H23BrN2O6/c1-29-15-5-6-21(32-4)18(12-15)20-13-19(14-9-16(30-2)11-17(10-14)31-3)26-27(20)24(28)22-7-8-23(25)33-22/h5-12,20H,13H2,1-4H3/t20-/m0/s1. The van der Waals surface area contributed by atoms with Gasteiger partial charge in [-0.05, 0) is 58.4 Å². The zero-order chi connectivity index (χ0) is 23.5. The lowest BCUT2D eigenvalue weighted by molar-refractivity contribution is 0.0675. The van der Waals surface area contributed by atoms with Gasteiger partial charge in [-0.3, -0.25) is 4.79 Å². The summed E-state index contributed by atoms with van der Waals surface area (Å²) in [6.07, 6.45) is 0.438. The van der Waals surface area contributed by atoms with E-state index in [1.54, 1.807) is 46.6 Å². The first-order chi connectivity index (χ1) is 16.0. The summed E-state index contributed by atoms with van der Waals surface area (Å²) in [4.78, 5) is 13.4. The Bertz CT molecular complexity index is 1180. The number of carbonyl (C=O) groups excluding carboxylic acids is 1. The molecule has 0 unspecified atom stereocenters. The van der Waals surface area contributed by atoms with Crippen LogP contribution in [-0.4, -0.2) is 45.1 Å². The van der Waals surface area contributed by atoms with Crippen molar-refractivity contribution in [3.8, 4) is 23.0 Å². The van der Waals surface area contributed by atoms with Crippen LogP contribution in [0.5, 0.6) is 23.0 Å². The monoisotopic (exact) mass is 514 g/mol. The van der Waals surface area contributed by atoms with Gasteiger partial charge in [0.15, 0.2) is 10.4 Å². The van der Waals surface area contributed by atoms with Gasteiger partial charge in [0, 0.05) is 23.6 Å². The molecule has 2 aromatic carbocycles.